The molecule has 0 unspecified atom stereocenters. The average Bonchev–Trinajstić information content (AvgIpc) is 2.72. The molecule has 118 valence electrons. The molecule has 0 saturated carbocycles. The molecule has 0 radical (unpaired) electrons. The SMILES string of the molecule is O=C1N(CC(F)(F)F)N=C2CCNC[C@]12Cc1ccccc1. The number of nitrogens with one attached hydrogen (secondary N) is 1. The zero-order valence-electron chi connectivity index (χ0n) is 11.9. The standard InChI is InChI=1S/C15H16F3N3O/c16-15(17,18)10-21-13(22)14(8-11-4-2-1-3-5-11)9-19-7-6-12(14)20-21/h1-5,19H,6-10H2/t14-/m0/s1. The summed E-state index contributed by atoms with van der Waals surface area (Å²) in [6.45, 7) is -0.373. The molecule has 0 aliphatic carbocycles. The fraction of sp³-hybridized carbons (Fsp3) is 0.467. The number of fused-ring (bicyclic) bond motifs is 1. The molecule has 2 aliphatic heterocycles. The number of benzene rings is 1. The Morgan fingerprint density at radius 1 is 1.27 bits per heavy atom. The van der Waals surface area contributed by atoms with Crippen molar-refractivity contribution in [2.24, 2.45) is 10.5 Å². The number of carbonyl (C=O) groups excluding carboxylic acids is 1. The molecule has 2 heterocycles. The van der Waals surface area contributed by atoms with E-state index in [4.69, 9.17) is 0 Å². The molecular formula is C15H16F3N3O. The number of amides is 1. The molecule has 7 heteroatoms. The lowest BCUT2D eigenvalue weighted by Gasteiger charge is -2.33. The van der Waals surface area contributed by atoms with Gasteiger partial charge in [-0.3, -0.25) is 4.79 Å². The highest BCUT2D eigenvalue weighted by atomic mass is 19.4. The smallest absolute Gasteiger partial charge is 0.315 e. The summed E-state index contributed by atoms with van der Waals surface area (Å²) in [7, 11) is 0. The van der Waals surface area contributed by atoms with Gasteiger partial charge in [0.25, 0.3) is 5.91 Å². The Bertz CT molecular complexity index is 600. The fourth-order valence-corrected chi connectivity index (χ4v) is 3.09. The van der Waals surface area contributed by atoms with Gasteiger partial charge in [0, 0.05) is 19.5 Å². The highest BCUT2D eigenvalue weighted by molar-refractivity contribution is 6.13. The third-order valence-corrected chi connectivity index (χ3v) is 4.08. The normalized spacial score (nSPS) is 25.1. The number of piperidine rings is 1. The number of hydrogen-bond donors (Lipinski definition) is 1. The Morgan fingerprint density at radius 2 is 2.00 bits per heavy atom. The van der Waals surface area contributed by atoms with E-state index in [1.807, 2.05) is 30.3 Å². The van der Waals surface area contributed by atoms with Crippen molar-refractivity contribution in [2.45, 2.75) is 19.0 Å². The zero-order valence-corrected chi connectivity index (χ0v) is 11.9. The summed E-state index contributed by atoms with van der Waals surface area (Å²) in [4.78, 5) is 12.6. The Hall–Kier alpha value is -1.89. The van der Waals surface area contributed by atoms with Crippen molar-refractivity contribution in [2.75, 3.05) is 19.6 Å². The van der Waals surface area contributed by atoms with Gasteiger partial charge in [0.2, 0.25) is 0 Å². The number of rotatable bonds is 3. The van der Waals surface area contributed by atoms with Crippen LogP contribution in [0.25, 0.3) is 0 Å². The maximum atomic E-state index is 12.6. The van der Waals surface area contributed by atoms with Crippen LogP contribution < -0.4 is 5.32 Å². The highest BCUT2D eigenvalue weighted by Gasteiger charge is 2.53. The number of nitrogens with zero attached hydrogens (tertiary/aromatic N) is 2. The van der Waals surface area contributed by atoms with E-state index >= 15 is 0 Å². The fourth-order valence-electron chi connectivity index (χ4n) is 3.09. The maximum absolute atomic E-state index is 12.6. The van der Waals surface area contributed by atoms with Crippen LogP contribution in [0.3, 0.4) is 0 Å². The van der Waals surface area contributed by atoms with Crippen LogP contribution in [-0.4, -0.2) is 42.4 Å². The number of hydrogen-bond acceptors (Lipinski definition) is 3. The van der Waals surface area contributed by atoms with E-state index in [0.717, 1.165) is 5.56 Å². The second kappa shape index (κ2) is 5.39. The van der Waals surface area contributed by atoms with Gasteiger partial charge in [0.1, 0.15) is 12.0 Å². The molecule has 1 atom stereocenters. The van der Waals surface area contributed by atoms with E-state index in [9.17, 15) is 18.0 Å². The summed E-state index contributed by atoms with van der Waals surface area (Å²) in [5, 5.41) is 7.70. The molecule has 2 aliphatic rings. The van der Waals surface area contributed by atoms with E-state index in [-0.39, 0.29) is 0 Å². The maximum Gasteiger partial charge on any atom is 0.408 e. The molecular weight excluding hydrogens is 295 g/mol. The van der Waals surface area contributed by atoms with Crippen molar-refractivity contribution in [1.82, 2.24) is 10.3 Å². The van der Waals surface area contributed by atoms with Gasteiger partial charge in [0.05, 0.1) is 5.71 Å². The first kappa shape index (κ1) is 15.0. The lowest BCUT2D eigenvalue weighted by atomic mass is 9.74. The summed E-state index contributed by atoms with van der Waals surface area (Å²) < 4.78 is 37.9. The molecule has 4 nitrogen and oxygen atoms in total. The molecule has 0 bridgehead atoms. The third-order valence-electron chi connectivity index (χ3n) is 4.08. The van der Waals surface area contributed by atoms with Crippen LogP contribution in [0.1, 0.15) is 12.0 Å². The van der Waals surface area contributed by atoms with E-state index in [0.29, 0.717) is 36.7 Å². The topological polar surface area (TPSA) is 44.7 Å². The summed E-state index contributed by atoms with van der Waals surface area (Å²) in [5.41, 5.74) is 0.496. The first-order valence-corrected chi connectivity index (χ1v) is 7.12. The molecule has 1 fully saturated rings. The van der Waals surface area contributed by atoms with Gasteiger partial charge in [-0.2, -0.15) is 18.3 Å². The van der Waals surface area contributed by atoms with Gasteiger partial charge in [-0.25, -0.2) is 5.01 Å². The molecule has 3 rings (SSSR count). The molecule has 1 saturated heterocycles. The summed E-state index contributed by atoms with van der Waals surface area (Å²) >= 11 is 0. The van der Waals surface area contributed by atoms with Crippen molar-refractivity contribution < 1.29 is 18.0 Å². The van der Waals surface area contributed by atoms with E-state index in [1.165, 1.54) is 0 Å². The molecule has 1 N–H and O–H groups in total. The number of halogens is 3. The average molecular weight is 311 g/mol. The molecule has 1 aromatic carbocycles. The van der Waals surface area contributed by atoms with Crippen LogP contribution in [0.4, 0.5) is 13.2 Å². The third kappa shape index (κ3) is 2.72. The largest absolute Gasteiger partial charge is 0.408 e. The molecule has 1 aromatic rings. The lowest BCUT2D eigenvalue weighted by Crippen LogP contribution is -2.53. The van der Waals surface area contributed by atoms with Crippen molar-refractivity contribution in [3.8, 4) is 0 Å². The summed E-state index contributed by atoms with van der Waals surface area (Å²) in [6, 6.07) is 9.32. The van der Waals surface area contributed by atoms with Gasteiger partial charge in [-0.05, 0) is 12.0 Å². The van der Waals surface area contributed by atoms with Crippen molar-refractivity contribution in [1.29, 1.82) is 0 Å². The monoisotopic (exact) mass is 311 g/mol. The zero-order chi connectivity index (χ0) is 15.8. The van der Waals surface area contributed by atoms with Gasteiger partial charge < -0.3 is 5.32 Å². The number of carbonyl (C=O) groups is 1. The summed E-state index contributed by atoms with van der Waals surface area (Å²) in [5.74, 6) is -0.559. The van der Waals surface area contributed by atoms with Crippen LogP contribution in [0, 0.1) is 5.41 Å². The Morgan fingerprint density at radius 3 is 2.68 bits per heavy atom. The molecule has 0 aromatic heterocycles. The molecule has 0 spiro atoms. The second-order valence-corrected chi connectivity index (χ2v) is 5.70. The number of hydrazone groups is 1. The van der Waals surface area contributed by atoms with E-state index in [1.54, 1.807) is 0 Å². The lowest BCUT2D eigenvalue weighted by molar-refractivity contribution is -0.163. The predicted octanol–water partition coefficient (Wildman–Crippen LogP) is 1.97. The Balaban J connectivity index is 1.90. The molecule has 1 amide bonds. The van der Waals surface area contributed by atoms with Crippen LogP contribution >= 0.6 is 0 Å². The van der Waals surface area contributed by atoms with Gasteiger partial charge in [0.15, 0.2) is 0 Å². The van der Waals surface area contributed by atoms with Crippen LogP contribution in [0.5, 0.6) is 0 Å². The number of alkyl halides is 3. The van der Waals surface area contributed by atoms with Crippen LogP contribution in [0.15, 0.2) is 35.4 Å². The first-order chi connectivity index (χ1) is 10.4. The van der Waals surface area contributed by atoms with Gasteiger partial charge in [-0.15, -0.1) is 0 Å². The Kier molecular flexibility index (Phi) is 3.68. The van der Waals surface area contributed by atoms with Gasteiger partial charge in [-0.1, -0.05) is 30.3 Å². The minimum atomic E-state index is -4.45. The van der Waals surface area contributed by atoms with E-state index in [2.05, 4.69) is 10.4 Å². The predicted molar refractivity (Wildman–Crippen MR) is 75.3 cm³/mol. The minimum absolute atomic E-state index is 0.327. The first-order valence-electron chi connectivity index (χ1n) is 7.12. The second-order valence-electron chi connectivity index (χ2n) is 5.70. The van der Waals surface area contributed by atoms with Crippen molar-refractivity contribution in [3.05, 3.63) is 35.9 Å². The van der Waals surface area contributed by atoms with Crippen molar-refractivity contribution in [3.63, 3.8) is 0 Å². The van der Waals surface area contributed by atoms with Crippen LogP contribution in [0.2, 0.25) is 0 Å². The Labute approximate surface area is 126 Å². The quantitative estimate of drug-likeness (QED) is 0.927. The van der Waals surface area contributed by atoms with Crippen LogP contribution in [-0.2, 0) is 11.2 Å². The minimum Gasteiger partial charge on any atom is -0.315 e. The molecule has 22 heavy (non-hydrogen) atoms. The van der Waals surface area contributed by atoms with E-state index < -0.39 is 24.0 Å². The van der Waals surface area contributed by atoms with Crippen molar-refractivity contribution >= 4 is 11.6 Å². The summed E-state index contributed by atoms with van der Waals surface area (Å²) in [6.07, 6.45) is -3.59. The highest BCUT2D eigenvalue weighted by Crippen LogP contribution is 2.37. The van der Waals surface area contributed by atoms with Gasteiger partial charge >= 0.3 is 6.18 Å².